The number of halogens is 5. The Morgan fingerprint density at radius 1 is 0.690 bits per heavy atom. The van der Waals surface area contributed by atoms with E-state index in [4.69, 9.17) is 4.74 Å². The lowest BCUT2D eigenvalue weighted by molar-refractivity contribution is 0.274. The lowest BCUT2D eigenvalue weighted by atomic mass is 10.0. The van der Waals surface area contributed by atoms with Crippen LogP contribution in [0, 0.1) is 29.1 Å². The van der Waals surface area contributed by atoms with Crippen molar-refractivity contribution in [1.82, 2.24) is 0 Å². The number of hydrogen-bond acceptors (Lipinski definition) is 1. The third-order valence-corrected chi connectivity index (χ3v) is 4.53. The van der Waals surface area contributed by atoms with Crippen molar-refractivity contribution in [3.05, 3.63) is 88.7 Å². The van der Waals surface area contributed by atoms with Gasteiger partial charge in [0, 0.05) is 0 Å². The van der Waals surface area contributed by atoms with E-state index in [9.17, 15) is 22.0 Å². The Kier molecular flexibility index (Phi) is 6.52. The Balaban J connectivity index is 1.71. The fourth-order valence-electron chi connectivity index (χ4n) is 2.95. The lowest BCUT2D eigenvalue weighted by Crippen LogP contribution is -2.01. The molecular formula is C23H19F5O. The third-order valence-electron chi connectivity index (χ3n) is 4.53. The summed E-state index contributed by atoms with van der Waals surface area (Å²) in [7, 11) is 0. The van der Waals surface area contributed by atoms with Crippen molar-refractivity contribution in [3.63, 3.8) is 0 Å². The van der Waals surface area contributed by atoms with Gasteiger partial charge in [0.05, 0.1) is 0 Å². The minimum Gasteiger partial charge on any atom is -0.483 e. The van der Waals surface area contributed by atoms with E-state index >= 15 is 0 Å². The van der Waals surface area contributed by atoms with Crippen LogP contribution in [0.15, 0.2) is 48.5 Å². The molecule has 152 valence electrons. The normalized spacial score (nSPS) is 11.0. The minimum atomic E-state index is -1.52. The van der Waals surface area contributed by atoms with Crippen molar-refractivity contribution in [2.75, 3.05) is 0 Å². The van der Waals surface area contributed by atoms with E-state index in [0.29, 0.717) is 23.1 Å². The summed E-state index contributed by atoms with van der Waals surface area (Å²) in [5.41, 5.74) is 1.82. The SMILES string of the molecule is CCCCc1cc(F)c(OCc2ccc(-c3cc(F)c(F)c(F)c3)cc2)c(F)c1. The molecule has 0 unspecified atom stereocenters. The van der Waals surface area contributed by atoms with Crippen LogP contribution in [0.5, 0.6) is 5.75 Å². The van der Waals surface area contributed by atoms with Gasteiger partial charge in [0.2, 0.25) is 0 Å². The molecule has 0 saturated carbocycles. The van der Waals surface area contributed by atoms with Crippen LogP contribution in [0.2, 0.25) is 0 Å². The first kappa shape index (κ1) is 20.8. The van der Waals surface area contributed by atoms with Crippen LogP contribution in [0.4, 0.5) is 22.0 Å². The minimum absolute atomic E-state index is 0.0887. The summed E-state index contributed by atoms with van der Waals surface area (Å²) in [5, 5.41) is 0. The third kappa shape index (κ3) is 4.94. The molecule has 0 aromatic heterocycles. The molecule has 0 aliphatic carbocycles. The summed E-state index contributed by atoms with van der Waals surface area (Å²) in [6.07, 6.45) is 2.36. The highest BCUT2D eigenvalue weighted by Gasteiger charge is 2.14. The number of rotatable bonds is 7. The van der Waals surface area contributed by atoms with Crippen molar-refractivity contribution < 1.29 is 26.7 Å². The molecule has 6 heteroatoms. The second-order valence-corrected chi connectivity index (χ2v) is 6.73. The van der Waals surface area contributed by atoms with Crippen molar-refractivity contribution in [3.8, 4) is 16.9 Å². The van der Waals surface area contributed by atoms with Gasteiger partial charge in [0.15, 0.2) is 34.8 Å². The van der Waals surface area contributed by atoms with Crippen molar-refractivity contribution in [2.45, 2.75) is 32.8 Å². The Morgan fingerprint density at radius 3 is 1.83 bits per heavy atom. The summed E-state index contributed by atoms with van der Waals surface area (Å²) in [5.74, 6) is -6.04. The van der Waals surface area contributed by atoms with E-state index in [1.165, 1.54) is 12.1 Å². The van der Waals surface area contributed by atoms with E-state index in [0.717, 1.165) is 25.0 Å². The van der Waals surface area contributed by atoms with Crippen molar-refractivity contribution in [1.29, 1.82) is 0 Å². The zero-order chi connectivity index (χ0) is 21.0. The highest BCUT2D eigenvalue weighted by Crippen LogP contribution is 2.27. The van der Waals surface area contributed by atoms with Crippen molar-refractivity contribution in [2.24, 2.45) is 0 Å². The number of aryl methyl sites for hydroxylation is 1. The Morgan fingerprint density at radius 2 is 1.28 bits per heavy atom. The van der Waals surface area contributed by atoms with E-state index in [1.54, 1.807) is 24.3 Å². The summed E-state index contributed by atoms with van der Waals surface area (Å²) in [6, 6.07) is 10.7. The smallest absolute Gasteiger partial charge is 0.194 e. The van der Waals surface area contributed by atoms with Crippen LogP contribution in [0.1, 0.15) is 30.9 Å². The van der Waals surface area contributed by atoms with Crippen LogP contribution >= 0.6 is 0 Å². The fraction of sp³-hybridized carbons (Fsp3) is 0.217. The molecule has 0 atom stereocenters. The average molecular weight is 406 g/mol. The summed E-state index contributed by atoms with van der Waals surface area (Å²) in [4.78, 5) is 0. The molecule has 1 nitrogen and oxygen atoms in total. The van der Waals surface area contributed by atoms with Gasteiger partial charge in [0.1, 0.15) is 6.61 Å². The number of benzene rings is 3. The van der Waals surface area contributed by atoms with Crippen LogP contribution in [0.25, 0.3) is 11.1 Å². The molecule has 0 heterocycles. The molecule has 0 N–H and O–H groups in total. The first-order valence-corrected chi connectivity index (χ1v) is 9.23. The van der Waals surface area contributed by atoms with E-state index in [2.05, 4.69) is 0 Å². The van der Waals surface area contributed by atoms with Gasteiger partial charge in [-0.3, -0.25) is 0 Å². The topological polar surface area (TPSA) is 9.23 Å². The molecule has 3 rings (SSSR count). The second kappa shape index (κ2) is 9.07. The zero-order valence-electron chi connectivity index (χ0n) is 15.7. The van der Waals surface area contributed by atoms with Gasteiger partial charge in [-0.1, -0.05) is 37.6 Å². The highest BCUT2D eigenvalue weighted by atomic mass is 19.2. The summed E-state index contributed by atoms with van der Waals surface area (Å²) >= 11 is 0. The Hall–Kier alpha value is -2.89. The van der Waals surface area contributed by atoms with Crippen LogP contribution in [-0.2, 0) is 13.0 Å². The molecule has 0 bridgehead atoms. The summed E-state index contributed by atoms with van der Waals surface area (Å²) < 4.78 is 73.5. The number of ether oxygens (including phenoxy) is 1. The quantitative estimate of drug-likeness (QED) is 0.304. The largest absolute Gasteiger partial charge is 0.483 e. The Bertz CT molecular complexity index is 953. The van der Waals surface area contributed by atoms with E-state index < -0.39 is 34.8 Å². The molecule has 0 saturated heterocycles. The molecule has 0 fully saturated rings. The predicted octanol–water partition coefficient (Wildman–Crippen LogP) is 6.97. The van der Waals surface area contributed by atoms with Gasteiger partial charge in [-0.05, 0) is 59.4 Å². The molecule has 0 amide bonds. The number of hydrogen-bond donors (Lipinski definition) is 0. The average Bonchev–Trinajstić information content (AvgIpc) is 2.70. The molecule has 3 aromatic carbocycles. The Labute approximate surface area is 165 Å². The molecule has 3 aromatic rings. The van der Waals surface area contributed by atoms with Gasteiger partial charge in [-0.25, -0.2) is 22.0 Å². The molecular weight excluding hydrogens is 387 g/mol. The van der Waals surface area contributed by atoms with Gasteiger partial charge < -0.3 is 4.74 Å². The van der Waals surface area contributed by atoms with Crippen molar-refractivity contribution >= 4 is 0 Å². The zero-order valence-corrected chi connectivity index (χ0v) is 15.7. The molecule has 29 heavy (non-hydrogen) atoms. The molecule has 0 aliphatic rings. The summed E-state index contributed by atoms with van der Waals surface area (Å²) in [6.45, 7) is 1.91. The first-order valence-electron chi connectivity index (χ1n) is 9.23. The molecule has 0 spiro atoms. The maximum atomic E-state index is 14.2. The van der Waals surface area contributed by atoms with E-state index in [1.807, 2.05) is 6.92 Å². The fourth-order valence-corrected chi connectivity index (χ4v) is 2.95. The van der Waals surface area contributed by atoms with Gasteiger partial charge in [-0.15, -0.1) is 0 Å². The highest BCUT2D eigenvalue weighted by molar-refractivity contribution is 5.63. The maximum absolute atomic E-state index is 14.2. The molecule has 0 radical (unpaired) electrons. The van der Waals surface area contributed by atoms with Gasteiger partial charge in [0.25, 0.3) is 0 Å². The monoisotopic (exact) mass is 406 g/mol. The van der Waals surface area contributed by atoms with Gasteiger partial charge in [-0.2, -0.15) is 0 Å². The van der Waals surface area contributed by atoms with Crippen LogP contribution in [0.3, 0.4) is 0 Å². The lowest BCUT2D eigenvalue weighted by Gasteiger charge is -2.11. The van der Waals surface area contributed by atoms with Crippen LogP contribution in [-0.4, -0.2) is 0 Å². The van der Waals surface area contributed by atoms with E-state index in [-0.39, 0.29) is 12.2 Å². The maximum Gasteiger partial charge on any atom is 0.194 e. The van der Waals surface area contributed by atoms with Gasteiger partial charge >= 0.3 is 0 Å². The van der Waals surface area contributed by atoms with Crippen LogP contribution < -0.4 is 4.74 Å². The molecule has 0 aliphatic heterocycles. The number of unbranched alkanes of at least 4 members (excludes halogenated alkanes) is 1. The standard InChI is InChI=1S/C23H19F5O/c1-2-3-4-15-9-20(26)23(21(27)10-15)29-13-14-5-7-16(8-6-14)17-11-18(24)22(28)19(25)12-17/h5-12H,2-4,13H2,1H3. The predicted molar refractivity (Wildman–Crippen MR) is 101 cm³/mol. The second-order valence-electron chi connectivity index (χ2n) is 6.73. The first-order chi connectivity index (χ1) is 13.9.